The quantitative estimate of drug-likeness (QED) is 0.501. The van der Waals surface area contributed by atoms with Gasteiger partial charge < -0.3 is 5.32 Å². The minimum Gasteiger partial charge on any atom is -0.301 e. The van der Waals surface area contributed by atoms with Crippen molar-refractivity contribution in [2.75, 3.05) is 28.2 Å². The summed E-state index contributed by atoms with van der Waals surface area (Å²) in [5, 5.41) is 11.1. The van der Waals surface area contributed by atoms with Gasteiger partial charge in [-0.25, -0.2) is 8.42 Å². The molecule has 0 aliphatic rings. The van der Waals surface area contributed by atoms with E-state index in [0.29, 0.717) is 17.2 Å². The average molecular weight is 415 g/mol. The molecule has 26 heavy (non-hydrogen) atoms. The number of thioether (sulfide) groups is 1. The smallest absolute Gasteiger partial charge is 0.232 e. The fraction of sp³-hybridized carbons (Fsp3) is 0.438. The second-order valence-electron chi connectivity index (χ2n) is 5.63. The highest BCUT2D eigenvalue weighted by Gasteiger charge is 2.18. The van der Waals surface area contributed by atoms with Crippen LogP contribution in [0.25, 0.3) is 0 Å². The van der Waals surface area contributed by atoms with Crippen molar-refractivity contribution >= 4 is 49.8 Å². The van der Waals surface area contributed by atoms with Crippen molar-refractivity contribution in [3.8, 4) is 0 Å². The topological polar surface area (TPSA) is 92.3 Å². The molecule has 2 rings (SSSR count). The largest absolute Gasteiger partial charge is 0.301 e. The highest BCUT2D eigenvalue weighted by atomic mass is 32.2. The fourth-order valence-electron chi connectivity index (χ4n) is 2.28. The molecule has 0 fully saturated rings. The van der Waals surface area contributed by atoms with E-state index in [0.717, 1.165) is 15.7 Å². The van der Waals surface area contributed by atoms with Crippen molar-refractivity contribution in [2.45, 2.75) is 31.0 Å². The Morgan fingerprint density at radius 3 is 2.77 bits per heavy atom. The second kappa shape index (κ2) is 9.33. The summed E-state index contributed by atoms with van der Waals surface area (Å²) in [5.74, 6) is 0.690. The maximum atomic E-state index is 12.1. The van der Waals surface area contributed by atoms with Gasteiger partial charge in [-0.3, -0.25) is 9.10 Å². The van der Waals surface area contributed by atoms with E-state index in [1.54, 1.807) is 17.8 Å². The third-order valence-corrected chi connectivity index (χ3v) is 6.42. The zero-order valence-electron chi connectivity index (χ0n) is 14.9. The van der Waals surface area contributed by atoms with Gasteiger partial charge in [0.15, 0.2) is 4.34 Å². The molecule has 142 valence electrons. The van der Waals surface area contributed by atoms with E-state index < -0.39 is 10.0 Å². The molecule has 1 aromatic carbocycles. The third-order valence-electron chi connectivity index (χ3n) is 3.38. The number of carbonyl (C=O) groups is 1. The Morgan fingerprint density at radius 1 is 1.35 bits per heavy atom. The van der Waals surface area contributed by atoms with Crippen LogP contribution < -0.4 is 9.62 Å². The van der Waals surface area contributed by atoms with E-state index in [1.807, 2.05) is 32.0 Å². The van der Waals surface area contributed by atoms with E-state index in [2.05, 4.69) is 15.5 Å². The van der Waals surface area contributed by atoms with Gasteiger partial charge in [0.1, 0.15) is 0 Å². The summed E-state index contributed by atoms with van der Waals surface area (Å²) in [6.07, 6.45) is 1.78. The highest BCUT2D eigenvalue weighted by molar-refractivity contribution is 8.01. The molecule has 2 aromatic rings. The second-order valence-corrected chi connectivity index (χ2v) is 10.0. The summed E-state index contributed by atoms with van der Waals surface area (Å²) in [7, 11) is -3.42. The van der Waals surface area contributed by atoms with E-state index in [-0.39, 0.29) is 18.9 Å². The highest BCUT2D eigenvalue weighted by Crippen LogP contribution is 2.25. The average Bonchev–Trinajstić information content (AvgIpc) is 2.97. The van der Waals surface area contributed by atoms with Gasteiger partial charge in [0.05, 0.1) is 11.9 Å². The summed E-state index contributed by atoms with van der Waals surface area (Å²) >= 11 is 2.90. The minimum atomic E-state index is -3.42. The molecular weight excluding hydrogens is 392 g/mol. The van der Waals surface area contributed by atoms with Crippen LogP contribution in [-0.2, 0) is 14.8 Å². The van der Waals surface area contributed by atoms with Crippen LogP contribution in [-0.4, -0.2) is 43.1 Å². The van der Waals surface area contributed by atoms with Gasteiger partial charge >= 0.3 is 0 Å². The van der Waals surface area contributed by atoms with Gasteiger partial charge in [-0.2, -0.15) is 0 Å². The molecule has 0 atom stereocenters. The number of nitrogens with one attached hydrogen (secondary N) is 1. The first-order valence-electron chi connectivity index (χ1n) is 8.10. The SMILES string of the molecule is CCSc1nnc(NC(=O)CCCN(c2cccc(C)c2)S(C)(=O)=O)s1. The molecule has 1 amide bonds. The first-order valence-corrected chi connectivity index (χ1v) is 11.7. The molecule has 0 bridgehead atoms. The van der Waals surface area contributed by atoms with Crippen LogP contribution in [0, 0.1) is 6.92 Å². The maximum Gasteiger partial charge on any atom is 0.232 e. The molecule has 0 radical (unpaired) electrons. The minimum absolute atomic E-state index is 0.202. The van der Waals surface area contributed by atoms with Crippen molar-refractivity contribution in [3.05, 3.63) is 29.8 Å². The number of amides is 1. The molecule has 1 heterocycles. The molecule has 7 nitrogen and oxygen atoms in total. The molecule has 0 saturated heterocycles. The Bertz CT molecular complexity index is 852. The van der Waals surface area contributed by atoms with Crippen molar-refractivity contribution in [2.24, 2.45) is 0 Å². The Balaban J connectivity index is 1.91. The van der Waals surface area contributed by atoms with Crippen molar-refractivity contribution in [1.29, 1.82) is 0 Å². The standard InChI is InChI=1S/C16H22N4O3S3/c1-4-24-16-19-18-15(25-16)17-14(21)9-6-10-20(26(3,22)23)13-8-5-7-12(2)11-13/h5,7-8,11H,4,6,9-10H2,1-3H3,(H,17,18,21). The van der Waals surface area contributed by atoms with Crippen LogP contribution in [0.1, 0.15) is 25.3 Å². The molecule has 0 aliphatic heterocycles. The van der Waals surface area contributed by atoms with Crippen molar-refractivity contribution < 1.29 is 13.2 Å². The summed E-state index contributed by atoms with van der Waals surface area (Å²) < 4.78 is 26.3. The number of rotatable bonds is 9. The zero-order chi connectivity index (χ0) is 19.2. The van der Waals surface area contributed by atoms with E-state index in [9.17, 15) is 13.2 Å². The Morgan fingerprint density at radius 2 is 2.12 bits per heavy atom. The number of carbonyl (C=O) groups excluding carboxylic acids is 1. The van der Waals surface area contributed by atoms with Gasteiger partial charge in [-0.1, -0.05) is 42.2 Å². The lowest BCUT2D eigenvalue weighted by molar-refractivity contribution is -0.116. The number of nitrogens with zero attached hydrogens (tertiary/aromatic N) is 3. The van der Waals surface area contributed by atoms with Crippen LogP contribution in [0.2, 0.25) is 0 Å². The van der Waals surface area contributed by atoms with Crippen molar-refractivity contribution in [1.82, 2.24) is 10.2 Å². The maximum absolute atomic E-state index is 12.1. The lowest BCUT2D eigenvalue weighted by atomic mass is 10.2. The lowest BCUT2D eigenvalue weighted by Gasteiger charge is -2.22. The first-order chi connectivity index (χ1) is 12.3. The molecule has 0 saturated carbocycles. The van der Waals surface area contributed by atoms with Crippen LogP contribution >= 0.6 is 23.1 Å². The van der Waals surface area contributed by atoms with Crippen LogP contribution in [0.4, 0.5) is 10.8 Å². The number of anilines is 2. The summed E-state index contributed by atoms with van der Waals surface area (Å²) in [4.78, 5) is 12.1. The summed E-state index contributed by atoms with van der Waals surface area (Å²) in [6.45, 7) is 4.17. The third kappa shape index (κ3) is 6.26. The van der Waals surface area contributed by atoms with E-state index in [1.165, 1.54) is 21.9 Å². The van der Waals surface area contributed by atoms with Crippen LogP contribution in [0.3, 0.4) is 0 Å². The zero-order valence-corrected chi connectivity index (χ0v) is 17.4. The number of benzene rings is 1. The Labute approximate surface area is 162 Å². The number of hydrogen-bond acceptors (Lipinski definition) is 7. The van der Waals surface area contributed by atoms with E-state index >= 15 is 0 Å². The van der Waals surface area contributed by atoms with Gasteiger partial charge in [0.2, 0.25) is 21.1 Å². The molecule has 0 aliphatic carbocycles. The van der Waals surface area contributed by atoms with Gasteiger partial charge in [-0.15, -0.1) is 10.2 Å². The number of aromatic nitrogens is 2. The Kier molecular flexibility index (Phi) is 7.42. The molecule has 10 heteroatoms. The molecular formula is C16H22N4O3S3. The van der Waals surface area contributed by atoms with Crippen molar-refractivity contribution in [3.63, 3.8) is 0 Å². The summed E-state index contributed by atoms with van der Waals surface area (Å²) in [5.41, 5.74) is 1.59. The van der Waals surface area contributed by atoms with Gasteiger partial charge in [0.25, 0.3) is 0 Å². The van der Waals surface area contributed by atoms with Gasteiger partial charge in [0, 0.05) is 13.0 Å². The number of hydrogen-bond donors (Lipinski definition) is 1. The van der Waals surface area contributed by atoms with Crippen LogP contribution in [0.15, 0.2) is 28.6 Å². The normalized spacial score (nSPS) is 11.3. The first kappa shape index (κ1) is 20.7. The predicted octanol–water partition coefficient (Wildman–Crippen LogP) is 3.14. The fourth-order valence-corrected chi connectivity index (χ4v) is 4.90. The monoisotopic (exact) mass is 414 g/mol. The van der Waals surface area contributed by atoms with Gasteiger partial charge in [-0.05, 0) is 36.8 Å². The Hall–Kier alpha value is -1.65. The molecule has 1 aromatic heterocycles. The summed E-state index contributed by atoms with van der Waals surface area (Å²) in [6, 6.07) is 7.29. The van der Waals surface area contributed by atoms with Crippen LogP contribution in [0.5, 0.6) is 0 Å². The van der Waals surface area contributed by atoms with E-state index in [4.69, 9.17) is 0 Å². The number of aryl methyl sites for hydroxylation is 1. The number of sulfonamides is 1. The molecule has 0 spiro atoms. The molecule has 0 unspecified atom stereocenters. The molecule has 1 N–H and O–H groups in total. The predicted molar refractivity (Wildman–Crippen MR) is 108 cm³/mol. The lowest BCUT2D eigenvalue weighted by Crippen LogP contribution is -2.31.